The highest BCUT2D eigenvalue weighted by atomic mass is 19.1. The van der Waals surface area contributed by atoms with Gasteiger partial charge >= 0.3 is 0 Å². The van der Waals surface area contributed by atoms with Crippen LogP contribution in [0, 0.1) is 5.82 Å². The maximum atomic E-state index is 14.0. The molecular weight excluding hydrogens is 261 g/mol. The molecule has 0 aliphatic carbocycles. The van der Waals surface area contributed by atoms with Crippen LogP contribution in [0.2, 0.25) is 0 Å². The fourth-order valence-corrected chi connectivity index (χ4v) is 2.26. The van der Waals surface area contributed by atoms with Crippen LogP contribution in [0.15, 0.2) is 35.1 Å². The van der Waals surface area contributed by atoms with E-state index in [0.29, 0.717) is 27.9 Å². The van der Waals surface area contributed by atoms with E-state index in [9.17, 15) is 9.18 Å². The van der Waals surface area contributed by atoms with Gasteiger partial charge in [-0.3, -0.25) is 4.79 Å². The van der Waals surface area contributed by atoms with E-state index in [1.165, 1.54) is 13.2 Å². The highest BCUT2D eigenvalue weighted by Gasteiger charge is 2.12. The number of aromatic amines is 1. The summed E-state index contributed by atoms with van der Waals surface area (Å²) in [6.45, 7) is 0. The Hall–Kier alpha value is -2.56. The standard InChI is InChI=1S/C15H12FNO3/c1-19-8-3-4-10-12(6-8)17-13-7-9(20-2)5-11(16)14(13)15(10)18/h3-7H,1-2H3,(H,17,18). The van der Waals surface area contributed by atoms with Gasteiger partial charge in [0.25, 0.3) is 0 Å². The molecule has 4 nitrogen and oxygen atoms in total. The number of pyridine rings is 1. The van der Waals surface area contributed by atoms with Crippen molar-refractivity contribution in [3.05, 3.63) is 46.4 Å². The Bertz CT molecular complexity index is 870. The number of H-pyrrole nitrogens is 1. The zero-order chi connectivity index (χ0) is 14.3. The van der Waals surface area contributed by atoms with E-state index in [1.54, 1.807) is 31.4 Å². The van der Waals surface area contributed by atoms with Crippen LogP contribution in [-0.4, -0.2) is 19.2 Å². The predicted octanol–water partition coefficient (Wildman–Crippen LogP) is 2.84. The first kappa shape index (κ1) is 12.5. The summed E-state index contributed by atoms with van der Waals surface area (Å²) in [4.78, 5) is 15.4. The molecule has 0 unspecified atom stereocenters. The van der Waals surface area contributed by atoms with Crippen LogP contribution in [0.5, 0.6) is 11.5 Å². The first-order valence-electron chi connectivity index (χ1n) is 6.01. The lowest BCUT2D eigenvalue weighted by molar-refractivity contribution is 0.412. The summed E-state index contributed by atoms with van der Waals surface area (Å²) in [5.74, 6) is 0.377. The Balaban J connectivity index is 2.47. The maximum absolute atomic E-state index is 14.0. The number of nitrogens with one attached hydrogen (secondary N) is 1. The third kappa shape index (κ3) is 1.79. The molecule has 0 atom stereocenters. The number of hydrogen-bond donors (Lipinski definition) is 1. The number of methoxy groups -OCH3 is 2. The number of rotatable bonds is 2. The molecule has 0 saturated heterocycles. The van der Waals surface area contributed by atoms with Crippen molar-refractivity contribution in [3.8, 4) is 11.5 Å². The summed E-state index contributed by atoms with van der Waals surface area (Å²) < 4.78 is 24.2. The Morgan fingerprint density at radius 3 is 2.40 bits per heavy atom. The van der Waals surface area contributed by atoms with E-state index in [2.05, 4.69) is 4.98 Å². The van der Waals surface area contributed by atoms with Crippen molar-refractivity contribution in [2.75, 3.05) is 14.2 Å². The third-order valence-corrected chi connectivity index (χ3v) is 3.27. The molecular formula is C15H12FNO3. The molecule has 0 saturated carbocycles. The first-order valence-corrected chi connectivity index (χ1v) is 6.01. The second-order valence-corrected chi connectivity index (χ2v) is 4.40. The molecule has 0 aliphatic rings. The van der Waals surface area contributed by atoms with E-state index in [4.69, 9.17) is 9.47 Å². The van der Waals surface area contributed by atoms with Gasteiger partial charge in [-0.15, -0.1) is 0 Å². The molecule has 0 aliphatic heterocycles. The lowest BCUT2D eigenvalue weighted by atomic mass is 10.1. The van der Waals surface area contributed by atoms with E-state index in [-0.39, 0.29) is 10.8 Å². The predicted molar refractivity (Wildman–Crippen MR) is 75.1 cm³/mol. The van der Waals surface area contributed by atoms with E-state index >= 15 is 0 Å². The Kier molecular flexibility index (Phi) is 2.82. The molecule has 3 aromatic rings. The van der Waals surface area contributed by atoms with Crippen molar-refractivity contribution < 1.29 is 13.9 Å². The molecule has 0 bridgehead atoms. The average molecular weight is 273 g/mol. The van der Waals surface area contributed by atoms with E-state index in [0.717, 1.165) is 0 Å². The van der Waals surface area contributed by atoms with Crippen molar-refractivity contribution in [1.82, 2.24) is 4.98 Å². The smallest absolute Gasteiger partial charge is 0.200 e. The Morgan fingerprint density at radius 1 is 1.00 bits per heavy atom. The third-order valence-electron chi connectivity index (χ3n) is 3.27. The quantitative estimate of drug-likeness (QED) is 0.730. The van der Waals surface area contributed by atoms with Crippen LogP contribution >= 0.6 is 0 Å². The van der Waals surface area contributed by atoms with Crippen molar-refractivity contribution >= 4 is 21.8 Å². The lowest BCUT2D eigenvalue weighted by Crippen LogP contribution is -2.06. The topological polar surface area (TPSA) is 51.3 Å². The van der Waals surface area contributed by atoms with Gasteiger partial charge in [0.2, 0.25) is 0 Å². The molecule has 0 fully saturated rings. The molecule has 0 radical (unpaired) electrons. The van der Waals surface area contributed by atoms with Gasteiger partial charge in [-0.25, -0.2) is 4.39 Å². The molecule has 0 spiro atoms. The van der Waals surface area contributed by atoms with Gasteiger partial charge in [-0.05, 0) is 12.1 Å². The van der Waals surface area contributed by atoms with Gasteiger partial charge in [-0.2, -0.15) is 0 Å². The van der Waals surface area contributed by atoms with Crippen LogP contribution in [0.3, 0.4) is 0 Å². The number of halogens is 1. The minimum absolute atomic E-state index is 0.0310. The van der Waals surface area contributed by atoms with Crippen molar-refractivity contribution in [2.24, 2.45) is 0 Å². The van der Waals surface area contributed by atoms with E-state index < -0.39 is 5.82 Å². The Morgan fingerprint density at radius 2 is 1.70 bits per heavy atom. The van der Waals surface area contributed by atoms with Gasteiger partial charge in [0.1, 0.15) is 17.3 Å². The zero-order valence-corrected chi connectivity index (χ0v) is 11.0. The van der Waals surface area contributed by atoms with Gasteiger partial charge in [0.05, 0.1) is 30.6 Å². The fourth-order valence-electron chi connectivity index (χ4n) is 2.26. The first-order chi connectivity index (χ1) is 9.63. The molecule has 1 N–H and O–H groups in total. The summed E-state index contributed by atoms with van der Waals surface area (Å²) in [5.41, 5.74) is 0.638. The van der Waals surface area contributed by atoms with Crippen LogP contribution in [0.4, 0.5) is 4.39 Å². The minimum atomic E-state index is -0.599. The van der Waals surface area contributed by atoms with Crippen molar-refractivity contribution in [2.45, 2.75) is 0 Å². The summed E-state index contributed by atoms with van der Waals surface area (Å²) in [6.07, 6.45) is 0. The van der Waals surface area contributed by atoms with Crippen molar-refractivity contribution in [1.29, 1.82) is 0 Å². The summed E-state index contributed by atoms with van der Waals surface area (Å²) in [5, 5.41) is 0.450. The lowest BCUT2D eigenvalue weighted by Gasteiger charge is -2.07. The van der Waals surface area contributed by atoms with Gasteiger partial charge < -0.3 is 14.5 Å². The molecule has 1 heterocycles. The normalized spacial score (nSPS) is 10.9. The Labute approximate surface area is 113 Å². The fraction of sp³-hybridized carbons (Fsp3) is 0.133. The number of hydrogen-bond acceptors (Lipinski definition) is 3. The summed E-state index contributed by atoms with van der Waals surface area (Å²) in [7, 11) is 2.99. The zero-order valence-electron chi connectivity index (χ0n) is 11.0. The highest BCUT2D eigenvalue weighted by molar-refractivity contribution is 5.93. The van der Waals surface area contributed by atoms with Crippen molar-refractivity contribution in [3.63, 3.8) is 0 Å². The van der Waals surface area contributed by atoms with Gasteiger partial charge in [-0.1, -0.05) is 0 Å². The second-order valence-electron chi connectivity index (χ2n) is 4.40. The SMILES string of the molecule is COc1ccc2c(=O)c3c(F)cc(OC)cc3[nH]c2c1. The average Bonchev–Trinajstić information content (AvgIpc) is 2.46. The number of benzene rings is 2. The molecule has 102 valence electrons. The molecule has 0 amide bonds. The van der Waals surface area contributed by atoms with Crippen LogP contribution in [0.1, 0.15) is 0 Å². The van der Waals surface area contributed by atoms with E-state index in [1.807, 2.05) is 0 Å². The number of fused-ring (bicyclic) bond motifs is 2. The van der Waals surface area contributed by atoms with Crippen LogP contribution in [0.25, 0.3) is 21.8 Å². The monoisotopic (exact) mass is 273 g/mol. The number of aromatic nitrogens is 1. The summed E-state index contributed by atoms with van der Waals surface area (Å²) >= 11 is 0. The van der Waals surface area contributed by atoms with Gasteiger partial charge in [0, 0.05) is 23.6 Å². The molecule has 20 heavy (non-hydrogen) atoms. The van der Waals surface area contributed by atoms with Crippen LogP contribution < -0.4 is 14.9 Å². The maximum Gasteiger partial charge on any atom is 0.200 e. The molecule has 5 heteroatoms. The molecule has 1 aromatic heterocycles. The molecule has 2 aromatic carbocycles. The second kappa shape index (κ2) is 4.52. The largest absolute Gasteiger partial charge is 0.497 e. The van der Waals surface area contributed by atoms with Gasteiger partial charge in [0.15, 0.2) is 5.43 Å². The highest BCUT2D eigenvalue weighted by Crippen LogP contribution is 2.24. The number of ether oxygens (including phenoxy) is 2. The van der Waals surface area contributed by atoms with Crippen LogP contribution in [-0.2, 0) is 0 Å². The minimum Gasteiger partial charge on any atom is -0.497 e. The molecule has 3 rings (SSSR count). The summed E-state index contributed by atoms with van der Waals surface area (Å²) in [6, 6.07) is 7.79.